The summed E-state index contributed by atoms with van der Waals surface area (Å²) in [6, 6.07) is 0. The monoisotopic (exact) mass is 579 g/mol. The van der Waals surface area contributed by atoms with Crippen LogP contribution in [0, 0.1) is 0 Å². The van der Waals surface area contributed by atoms with Gasteiger partial charge in [-0.25, -0.2) is 13.2 Å². The number of hydrogen-bond acceptors (Lipinski definition) is 7. The minimum atomic E-state index is -3.73. The third-order valence-corrected chi connectivity index (χ3v) is 8.98. The van der Waals surface area contributed by atoms with Gasteiger partial charge in [-0.15, -0.1) is 0 Å². The normalized spacial score (nSPS) is 27.3. The lowest BCUT2D eigenvalue weighted by Gasteiger charge is -2.33. The number of sulfonamides is 1. The number of amides is 3. The maximum Gasteiger partial charge on any atom is 0.410 e. The van der Waals surface area contributed by atoms with Crippen LogP contribution in [-0.4, -0.2) is 68.3 Å². The van der Waals surface area contributed by atoms with Crippen molar-refractivity contribution < 1.29 is 27.5 Å². The Kier molecular flexibility index (Phi) is 5.71. The molecule has 0 bridgehead atoms. The molecule has 2 aliphatic carbocycles. The highest BCUT2D eigenvalue weighted by atomic mass is 127. The van der Waals surface area contributed by atoms with Crippen LogP contribution in [0.1, 0.15) is 57.2 Å². The molecule has 0 saturated heterocycles. The van der Waals surface area contributed by atoms with Gasteiger partial charge in [0.15, 0.2) is 0 Å². The number of aromatic nitrogens is 2. The number of hydrogen-bond donors (Lipinski definition) is 3. The van der Waals surface area contributed by atoms with Crippen LogP contribution in [0.3, 0.4) is 0 Å². The highest BCUT2D eigenvalue weighted by Gasteiger charge is 2.62. The summed E-state index contributed by atoms with van der Waals surface area (Å²) in [4.78, 5) is 40.1. The molecule has 0 aromatic carbocycles. The first-order valence-electron chi connectivity index (χ1n) is 10.3. The molecule has 1 unspecified atom stereocenters. The molecule has 176 valence electrons. The zero-order valence-electron chi connectivity index (χ0n) is 18.0. The van der Waals surface area contributed by atoms with Gasteiger partial charge in [0.25, 0.3) is 5.91 Å². The minimum absolute atomic E-state index is 0.0416. The van der Waals surface area contributed by atoms with Gasteiger partial charge >= 0.3 is 6.09 Å². The van der Waals surface area contributed by atoms with Crippen LogP contribution in [0.5, 0.6) is 0 Å². The summed E-state index contributed by atoms with van der Waals surface area (Å²) < 4.78 is 31.8. The number of rotatable bonds is 5. The van der Waals surface area contributed by atoms with Crippen LogP contribution < -0.4 is 10.0 Å². The van der Waals surface area contributed by atoms with E-state index in [2.05, 4.69) is 20.2 Å². The summed E-state index contributed by atoms with van der Waals surface area (Å²) in [6.45, 7) is 5.56. The van der Waals surface area contributed by atoms with E-state index in [9.17, 15) is 22.8 Å². The highest BCUT2D eigenvalue weighted by molar-refractivity contribution is 14.1. The number of carbonyl (C=O) groups excluding carboxylic acids is 3. The summed E-state index contributed by atoms with van der Waals surface area (Å²) in [5.41, 5.74) is -0.745. The lowest BCUT2D eigenvalue weighted by atomic mass is 9.95. The van der Waals surface area contributed by atoms with Gasteiger partial charge in [-0.05, 0) is 40.0 Å². The van der Waals surface area contributed by atoms with Crippen LogP contribution in [-0.2, 0) is 30.9 Å². The largest absolute Gasteiger partial charge is 0.444 e. The zero-order valence-corrected chi connectivity index (χ0v) is 20.9. The minimum Gasteiger partial charge on any atom is -0.444 e. The molecule has 3 atom stereocenters. The maximum atomic E-state index is 13.3. The lowest BCUT2D eigenvalue weighted by Crippen LogP contribution is -2.55. The predicted octanol–water partition coefficient (Wildman–Crippen LogP) is 0.915. The summed E-state index contributed by atoms with van der Waals surface area (Å²) in [6.07, 6.45) is 2.38. The van der Waals surface area contributed by atoms with Crippen molar-refractivity contribution in [1.82, 2.24) is 25.1 Å². The van der Waals surface area contributed by atoms with Gasteiger partial charge < -0.3 is 15.0 Å². The first-order chi connectivity index (χ1) is 14.8. The molecule has 1 aromatic rings. The third-order valence-electron chi connectivity index (χ3n) is 5.66. The van der Waals surface area contributed by atoms with Crippen molar-refractivity contribution in [3.05, 3.63) is 17.5 Å². The Morgan fingerprint density at radius 3 is 2.53 bits per heavy atom. The van der Waals surface area contributed by atoms with E-state index in [-0.39, 0.29) is 17.0 Å². The van der Waals surface area contributed by atoms with Gasteiger partial charge in [0.05, 0.1) is 29.6 Å². The Bertz CT molecular complexity index is 1060. The van der Waals surface area contributed by atoms with Crippen LogP contribution in [0.25, 0.3) is 0 Å². The smallest absolute Gasteiger partial charge is 0.410 e. The van der Waals surface area contributed by atoms with E-state index >= 15 is 0 Å². The zero-order chi connectivity index (χ0) is 23.5. The van der Waals surface area contributed by atoms with Gasteiger partial charge in [0, 0.05) is 16.0 Å². The molecule has 0 radical (unpaired) electrons. The fraction of sp³-hybridized carbons (Fsp3) is 0.684. The summed E-state index contributed by atoms with van der Waals surface area (Å²) >= 11 is 2.03. The van der Waals surface area contributed by atoms with Crippen LogP contribution in [0.15, 0.2) is 6.20 Å². The topological polar surface area (TPSA) is 151 Å². The lowest BCUT2D eigenvalue weighted by molar-refractivity contribution is -0.130. The second-order valence-corrected chi connectivity index (χ2v) is 13.0. The molecular formula is C19H26IN5O6S. The Hall–Kier alpha value is -1.90. The number of nitrogens with zero attached hydrogens (tertiary/aromatic N) is 2. The average Bonchev–Trinajstić information content (AvgIpc) is 3.57. The molecule has 3 aliphatic rings. The number of fused-ring (bicyclic) bond motifs is 1. The Morgan fingerprint density at radius 1 is 1.31 bits per heavy atom. The SMILES string of the molecule is CC(C)(C)OC(=O)N1Cc2cn[nH]c2C(C(=O)N[C@]2(C(=O)NS(=O)(=O)C3CC3)C[C@H]2I)C1. The van der Waals surface area contributed by atoms with Crippen molar-refractivity contribution in [3.8, 4) is 0 Å². The maximum absolute atomic E-state index is 13.3. The molecule has 2 fully saturated rings. The van der Waals surface area contributed by atoms with Gasteiger partial charge in [-0.2, -0.15) is 5.10 Å². The van der Waals surface area contributed by atoms with E-state index in [1.165, 1.54) is 4.90 Å². The Morgan fingerprint density at radius 2 is 1.97 bits per heavy atom. The van der Waals surface area contributed by atoms with E-state index in [4.69, 9.17) is 4.74 Å². The molecule has 32 heavy (non-hydrogen) atoms. The van der Waals surface area contributed by atoms with Crippen LogP contribution >= 0.6 is 22.6 Å². The molecule has 2 heterocycles. The van der Waals surface area contributed by atoms with Crippen molar-refractivity contribution in [2.75, 3.05) is 6.54 Å². The molecule has 11 nitrogen and oxygen atoms in total. The van der Waals surface area contributed by atoms with Gasteiger partial charge in [-0.3, -0.25) is 19.4 Å². The number of H-pyrrole nitrogens is 1. The number of alkyl halides is 1. The summed E-state index contributed by atoms with van der Waals surface area (Å²) in [7, 11) is -3.73. The van der Waals surface area contributed by atoms with Crippen molar-refractivity contribution >= 4 is 50.5 Å². The van der Waals surface area contributed by atoms with Gasteiger partial charge in [0.2, 0.25) is 15.9 Å². The molecule has 4 rings (SSSR count). The first-order valence-corrected chi connectivity index (χ1v) is 13.1. The number of aromatic amines is 1. The van der Waals surface area contributed by atoms with E-state index in [0.29, 0.717) is 30.5 Å². The number of halogens is 1. The van der Waals surface area contributed by atoms with Crippen molar-refractivity contribution in [2.24, 2.45) is 0 Å². The van der Waals surface area contributed by atoms with E-state index in [1.807, 2.05) is 22.6 Å². The van der Waals surface area contributed by atoms with Crippen molar-refractivity contribution in [1.29, 1.82) is 0 Å². The first kappa shape index (κ1) is 23.3. The van der Waals surface area contributed by atoms with Crippen molar-refractivity contribution in [3.63, 3.8) is 0 Å². The average molecular weight is 579 g/mol. The van der Waals surface area contributed by atoms with Crippen molar-refractivity contribution in [2.45, 2.75) is 72.8 Å². The molecule has 3 N–H and O–H groups in total. The predicted molar refractivity (Wildman–Crippen MR) is 121 cm³/mol. The molecular weight excluding hydrogens is 553 g/mol. The Labute approximate surface area is 199 Å². The standard InChI is InChI=1S/C19H26IN5O6S/c1-18(2,3)31-17(28)25-8-10-7-21-23-14(10)12(9-25)15(26)22-19(6-13(19)20)16(27)24-32(29,30)11-4-5-11/h7,11-13H,4-6,8-9H2,1-3H3,(H,21,23)(H,22,26)(H,24,27)/t12?,13-,19-/m1/s1. The molecule has 1 aliphatic heterocycles. The number of nitrogens with one attached hydrogen (secondary N) is 3. The van der Waals surface area contributed by atoms with E-state index in [1.54, 1.807) is 27.0 Å². The van der Waals surface area contributed by atoms with Gasteiger partial charge in [0.1, 0.15) is 11.1 Å². The molecule has 13 heteroatoms. The molecule has 1 aromatic heterocycles. The Balaban J connectivity index is 1.50. The summed E-state index contributed by atoms with van der Waals surface area (Å²) in [5, 5.41) is 9.03. The number of ether oxygens (including phenoxy) is 1. The van der Waals surface area contributed by atoms with Crippen LogP contribution in [0.2, 0.25) is 0 Å². The fourth-order valence-corrected chi connectivity index (χ4v) is 6.14. The molecule has 2 saturated carbocycles. The second kappa shape index (κ2) is 7.85. The highest BCUT2D eigenvalue weighted by Crippen LogP contribution is 2.44. The summed E-state index contributed by atoms with van der Waals surface area (Å²) in [5.74, 6) is -2.01. The molecule has 0 spiro atoms. The second-order valence-electron chi connectivity index (χ2n) is 9.53. The third kappa shape index (κ3) is 4.58. The fourth-order valence-electron chi connectivity index (χ4n) is 3.64. The number of carbonyl (C=O) groups is 3. The van der Waals surface area contributed by atoms with Gasteiger partial charge in [-0.1, -0.05) is 22.6 Å². The van der Waals surface area contributed by atoms with E-state index in [0.717, 1.165) is 0 Å². The quantitative estimate of drug-likeness (QED) is 0.347. The van der Waals surface area contributed by atoms with Crippen LogP contribution in [0.4, 0.5) is 4.79 Å². The van der Waals surface area contributed by atoms with E-state index < -0.39 is 50.2 Å². The molecule has 3 amide bonds.